The Hall–Kier alpha value is -2.61. The average molecular weight is 437 g/mol. The van der Waals surface area contributed by atoms with E-state index >= 15 is 0 Å². The average Bonchev–Trinajstić information content (AvgIpc) is 3.05. The third kappa shape index (κ3) is 4.05. The molecule has 1 unspecified atom stereocenters. The maximum atomic E-state index is 13.9. The molecule has 0 radical (unpaired) electrons. The maximum Gasteiger partial charge on any atom is 0.229 e. The first-order valence-electron chi connectivity index (χ1n) is 8.21. The normalized spacial score (nSPS) is 16.4. The molecule has 1 atom stereocenters. The van der Waals surface area contributed by atoms with Crippen molar-refractivity contribution < 1.29 is 23.5 Å². The minimum absolute atomic E-state index is 0.0539. The van der Waals surface area contributed by atoms with Gasteiger partial charge in [0.1, 0.15) is 5.82 Å². The standard InChI is InChI=1S/C19H18BrFN2O4/c1-26-16-6-4-13(9-17(16)27-2)23-10-11(7-18(23)24)19(25)22-15-5-3-12(20)8-14(15)21/h3-6,8-9,11H,7,10H2,1-2H3,(H,22,25). The molecule has 6 nitrogen and oxygen atoms in total. The van der Waals surface area contributed by atoms with Gasteiger partial charge in [0.05, 0.1) is 25.8 Å². The smallest absolute Gasteiger partial charge is 0.229 e. The monoisotopic (exact) mass is 436 g/mol. The van der Waals surface area contributed by atoms with Crippen molar-refractivity contribution in [3.8, 4) is 11.5 Å². The van der Waals surface area contributed by atoms with Gasteiger partial charge in [-0.2, -0.15) is 0 Å². The summed E-state index contributed by atoms with van der Waals surface area (Å²) in [6, 6.07) is 9.49. The number of carbonyl (C=O) groups is 2. The quantitative estimate of drug-likeness (QED) is 0.777. The van der Waals surface area contributed by atoms with E-state index in [1.54, 1.807) is 24.3 Å². The van der Waals surface area contributed by atoms with Crippen LogP contribution in [0.5, 0.6) is 11.5 Å². The molecule has 2 aromatic carbocycles. The van der Waals surface area contributed by atoms with E-state index in [1.807, 2.05) is 0 Å². The molecule has 0 aromatic heterocycles. The van der Waals surface area contributed by atoms with Gasteiger partial charge < -0.3 is 19.7 Å². The van der Waals surface area contributed by atoms with Gasteiger partial charge in [-0.15, -0.1) is 0 Å². The van der Waals surface area contributed by atoms with Crippen LogP contribution < -0.4 is 19.7 Å². The van der Waals surface area contributed by atoms with E-state index in [0.29, 0.717) is 21.7 Å². The van der Waals surface area contributed by atoms with Gasteiger partial charge in [-0.25, -0.2) is 4.39 Å². The molecule has 0 saturated carbocycles. The Kier molecular flexibility index (Phi) is 5.65. The predicted molar refractivity (Wildman–Crippen MR) is 103 cm³/mol. The molecule has 1 aliphatic rings. The molecular weight excluding hydrogens is 419 g/mol. The van der Waals surface area contributed by atoms with Crippen molar-refractivity contribution in [2.75, 3.05) is 31.0 Å². The van der Waals surface area contributed by atoms with Crippen molar-refractivity contribution >= 4 is 39.1 Å². The van der Waals surface area contributed by atoms with Gasteiger partial charge in [0.25, 0.3) is 0 Å². The molecular formula is C19H18BrFN2O4. The third-order valence-electron chi connectivity index (χ3n) is 4.36. The molecule has 2 amide bonds. The van der Waals surface area contributed by atoms with Gasteiger partial charge in [-0.1, -0.05) is 15.9 Å². The summed E-state index contributed by atoms with van der Waals surface area (Å²) >= 11 is 3.17. The zero-order chi connectivity index (χ0) is 19.6. The highest BCUT2D eigenvalue weighted by Gasteiger charge is 2.35. The van der Waals surface area contributed by atoms with Crippen molar-refractivity contribution in [1.82, 2.24) is 0 Å². The molecule has 1 fully saturated rings. The minimum Gasteiger partial charge on any atom is -0.493 e. The van der Waals surface area contributed by atoms with Crippen LogP contribution in [-0.2, 0) is 9.59 Å². The molecule has 27 heavy (non-hydrogen) atoms. The fourth-order valence-electron chi connectivity index (χ4n) is 2.95. The van der Waals surface area contributed by atoms with E-state index in [4.69, 9.17) is 9.47 Å². The van der Waals surface area contributed by atoms with Crippen molar-refractivity contribution in [3.63, 3.8) is 0 Å². The number of benzene rings is 2. The molecule has 2 aromatic rings. The number of amides is 2. The number of ether oxygens (including phenoxy) is 2. The lowest BCUT2D eigenvalue weighted by Crippen LogP contribution is -2.28. The van der Waals surface area contributed by atoms with Crippen LogP contribution in [0.3, 0.4) is 0 Å². The van der Waals surface area contributed by atoms with Crippen molar-refractivity contribution in [3.05, 3.63) is 46.7 Å². The number of anilines is 2. The van der Waals surface area contributed by atoms with Crippen LogP contribution in [-0.4, -0.2) is 32.6 Å². The van der Waals surface area contributed by atoms with Crippen molar-refractivity contribution in [2.45, 2.75) is 6.42 Å². The Labute approximate surface area is 164 Å². The van der Waals surface area contributed by atoms with Gasteiger partial charge in [0.2, 0.25) is 11.8 Å². The molecule has 3 rings (SSSR count). The molecule has 1 N–H and O–H groups in total. The number of carbonyl (C=O) groups excluding carboxylic acids is 2. The second-order valence-electron chi connectivity index (χ2n) is 6.06. The van der Waals surface area contributed by atoms with E-state index in [0.717, 1.165) is 0 Å². The van der Waals surface area contributed by atoms with Crippen LogP contribution in [0.4, 0.5) is 15.8 Å². The van der Waals surface area contributed by atoms with Gasteiger partial charge in [-0.05, 0) is 30.3 Å². The lowest BCUT2D eigenvalue weighted by molar-refractivity contribution is -0.122. The van der Waals surface area contributed by atoms with Crippen molar-refractivity contribution in [2.24, 2.45) is 5.92 Å². The fraction of sp³-hybridized carbons (Fsp3) is 0.263. The SMILES string of the molecule is COc1ccc(N2CC(C(=O)Nc3ccc(Br)cc3F)CC2=O)cc1OC. The number of halogens is 2. The maximum absolute atomic E-state index is 13.9. The van der Waals surface area contributed by atoms with Crippen molar-refractivity contribution in [1.29, 1.82) is 0 Å². The molecule has 0 aliphatic carbocycles. The molecule has 8 heteroatoms. The Morgan fingerprint density at radius 3 is 2.59 bits per heavy atom. The zero-order valence-corrected chi connectivity index (χ0v) is 16.4. The summed E-state index contributed by atoms with van der Waals surface area (Å²) in [7, 11) is 3.04. The minimum atomic E-state index is -0.575. The fourth-order valence-corrected chi connectivity index (χ4v) is 3.28. The summed E-state index contributed by atoms with van der Waals surface area (Å²) in [4.78, 5) is 26.4. The van der Waals surface area contributed by atoms with E-state index in [2.05, 4.69) is 21.2 Å². The number of nitrogens with one attached hydrogen (secondary N) is 1. The van der Waals surface area contributed by atoms with Crippen LogP contribution in [0.25, 0.3) is 0 Å². The highest BCUT2D eigenvalue weighted by molar-refractivity contribution is 9.10. The number of methoxy groups -OCH3 is 2. The Morgan fingerprint density at radius 1 is 1.19 bits per heavy atom. The van der Waals surface area contributed by atoms with E-state index < -0.39 is 17.6 Å². The molecule has 1 heterocycles. The first-order valence-corrected chi connectivity index (χ1v) is 9.00. The third-order valence-corrected chi connectivity index (χ3v) is 4.86. The van der Waals surface area contributed by atoms with Crippen LogP contribution >= 0.6 is 15.9 Å². The summed E-state index contributed by atoms with van der Waals surface area (Å²) in [6.07, 6.45) is 0.0539. The molecule has 1 saturated heterocycles. The Morgan fingerprint density at radius 2 is 1.93 bits per heavy atom. The summed E-state index contributed by atoms with van der Waals surface area (Å²) in [5.74, 6) is -0.654. The number of nitrogens with zero attached hydrogens (tertiary/aromatic N) is 1. The summed E-state index contributed by atoms with van der Waals surface area (Å²) in [5.41, 5.74) is 0.697. The molecule has 1 aliphatic heterocycles. The topological polar surface area (TPSA) is 67.9 Å². The zero-order valence-electron chi connectivity index (χ0n) is 14.8. The number of hydrogen-bond donors (Lipinski definition) is 1. The summed E-state index contributed by atoms with van der Waals surface area (Å²) in [5, 5.41) is 2.55. The second-order valence-corrected chi connectivity index (χ2v) is 6.97. The Bertz CT molecular complexity index is 890. The van der Waals surface area contributed by atoms with Crippen LogP contribution in [0, 0.1) is 11.7 Å². The van der Waals surface area contributed by atoms with Gasteiger partial charge in [0, 0.05) is 29.2 Å². The number of hydrogen-bond acceptors (Lipinski definition) is 4. The summed E-state index contributed by atoms with van der Waals surface area (Å²) in [6.45, 7) is 0.207. The lowest BCUT2D eigenvalue weighted by Gasteiger charge is -2.18. The largest absolute Gasteiger partial charge is 0.493 e. The van der Waals surface area contributed by atoms with Crippen LogP contribution in [0.2, 0.25) is 0 Å². The van der Waals surface area contributed by atoms with E-state index in [9.17, 15) is 14.0 Å². The van der Waals surface area contributed by atoms with Gasteiger partial charge in [-0.3, -0.25) is 9.59 Å². The van der Waals surface area contributed by atoms with Gasteiger partial charge >= 0.3 is 0 Å². The van der Waals surface area contributed by atoms with Gasteiger partial charge in [0.15, 0.2) is 11.5 Å². The summed E-state index contributed by atoms with van der Waals surface area (Å²) < 4.78 is 25.0. The molecule has 0 bridgehead atoms. The highest BCUT2D eigenvalue weighted by atomic mass is 79.9. The Balaban J connectivity index is 1.74. The number of rotatable bonds is 5. The first-order chi connectivity index (χ1) is 12.9. The molecule has 0 spiro atoms. The van der Waals surface area contributed by atoms with E-state index in [1.165, 1.54) is 31.3 Å². The molecule has 142 valence electrons. The van der Waals surface area contributed by atoms with Crippen LogP contribution in [0.15, 0.2) is 40.9 Å². The highest BCUT2D eigenvalue weighted by Crippen LogP contribution is 2.34. The van der Waals surface area contributed by atoms with Crippen LogP contribution in [0.1, 0.15) is 6.42 Å². The lowest BCUT2D eigenvalue weighted by atomic mass is 10.1. The second kappa shape index (κ2) is 7.96. The van der Waals surface area contributed by atoms with E-state index in [-0.39, 0.29) is 24.6 Å². The predicted octanol–water partition coefficient (Wildman–Crippen LogP) is 3.60. The first kappa shape index (κ1) is 19.2.